The maximum Gasteiger partial charge on any atom is 0.226 e. The number of hydrogen-bond acceptors (Lipinski definition) is 7. The average molecular weight is 307 g/mol. The van der Waals surface area contributed by atoms with Crippen molar-refractivity contribution in [2.24, 2.45) is 0 Å². The molecule has 23 heavy (non-hydrogen) atoms. The Morgan fingerprint density at radius 1 is 1.17 bits per heavy atom. The lowest BCUT2D eigenvalue weighted by Crippen LogP contribution is -2.03. The molecule has 0 saturated carbocycles. The van der Waals surface area contributed by atoms with Gasteiger partial charge in [-0.3, -0.25) is 4.98 Å². The molecular formula is C16H13N5O2. The number of anilines is 1. The van der Waals surface area contributed by atoms with Crippen molar-refractivity contribution in [2.75, 3.05) is 5.73 Å². The first-order chi connectivity index (χ1) is 11.2. The van der Waals surface area contributed by atoms with E-state index in [0.717, 1.165) is 28.3 Å². The molecule has 0 aromatic carbocycles. The van der Waals surface area contributed by atoms with Gasteiger partial charge in [0, 0.05) is 23.9 Å². The van der Waals surface area contributed by atoms with E-state index in [1.165, 1.54) is 0 Å². The van der Waals surface area contributed by atoms with Crippen LogP contribution in [-0.4, -0.2) is 20.3 Å². The van der Waals surface area contributed by atoms with E-state index in [1.807, 2.05) is 37.4 Å². The van der Waals surface area contributed by atoms with Crippen LogP contribution in [0.5, 0.6) is 0 Å². The van der Waals surface area contributed by atoms with Crippen molar-refractivity contribution in [3.63, 3.8) is 0 Å². The van der Waals surface area contributed by atoms with Gasteiger partial charge in [-0.15, -0.1) is 0 Å². The van der Waals surface area contributed by atoms with Gasteiger partial charge in [0.05, 0.1) is 12.0 Å². The Hall–Kier alpha value is -3.22. The van der Waals surface area contributed by atoms with E-state index >= 15 is 0 Å². The predicted molar refractivity (Wildman–Crippen MR) is 83.5 cm³/mol. The van der Waals surface area contributed by atoms with Gasteiger partial charge >= 0.3 is 0 Å². The van der Waals surface area contributed by atoms with E-state index in [4.69, 9.17) is 14.8 Å². The standard InChI is InChI=1S/C16H13N5O2/c1-9-11(14(17)15-16(19-9)21-23-20-15)7-10-4-5-12(18-8-10)13-3-2-6-22-13/h2-6,8H,7,17H2,1H3. The fourth-order valence-corrected chi connectivity index (χ4v) is 2.52. The van der Waals surface area contributed by atoms with Crippen molar-refractivity contribution >= 4 is 16.9 Å². The van der Waals surface area contributed by atoms with Gasteiger partial charge in [-0.1, -0.05) is 6.07 Å². The van der Waals surface area contributed by atoms with E-state index in [1.54, 1.807) is 6.26 Å². The second kappa shape index (κ2) is 5.20. The molecule has 0 aliphatic heterocycles. The van der Waals surface area contributed by atoms with Crippen molar-refractivity contribution in [3.05, 3.63) is 53.5 Å². The van der Waals surface area contributed by atoms with Gasteiger partial charge in [0.2, 0.25) is 5.65 Å². The van der Waals surface area contributed by atoms with E-state index < -0.39 is 0 Å². The highest BCUT2D eigenvalue weighted by atomic mass is 16.6. The quantitative estimate of drug-likeness (QED) is 0.620. The number of pyridine rings is 2. The molecule has 0 unspecified atom stereocenters. The molecule has 0 bridgehead atoms. The second-order valence-corrected chi connectivity index (χ2v) is 5.23. The molecule has 7 nitrogen and oxygen atoms in total. The minimum Gasteiger partial charge on any atom is -0.463 e. The number of fused-ring (bicyclic) bond motifs is 1. The summed E-state index contributed by atoms with van der Waals surface area (Å²) in [5, 5.41) is 7.54. The lowest BCUT2D eigenvalue weighted by molar-refractivity contribution is 0.315. The summed E-state index contributed by atoms with van der Waals surface area (Å²) < 4.78 is 10.0. The Morgan fingerprint density at radius 3 is 2.83 bits per heavy atom. The largest absolute Gasteiger partial charge is 0.463 e. The van der Waals surface area contributed by atoms with Gasteiger partial charge in [0.1, 0.15) is 5.69 Å². The number of hydrogen-bond donors (Lipinski definition) is 1. The van der Waals surface area contributed by atoms with Crippen LogP contribution in [-0.2, 0) is 6.42 Å². The third kappa shape index (κ3) is 2.32. The van der Waals surface area contributed by atoms with Gasteiger partial charge in [-0.25, -0.2) is 9.61 Å². The molecule has 0 saturated heterocycles. The van der Waals surface area contributed by atoms with Crippen LogP contribution in [0.4, 0.5) is 5.69 Å². The molecule has 4 heterocycles. The molecule has 0 aliphatic rings. The number of aromatic nitrogens is 4. The molecule has 0 spiro atoms. The maximum atomic E-state index is 6.18. The van der Waals surface area contributed by atoms with Gasteiger partial charge in [0.15, 0.2) is 11.3 Å². The number of furan rings is 1. The summed E-state index contributed by atoms with van der Waals surface area (Å²) in [6.45, 7) is 1.89. The second-order valence-electron chi connectivity index (χ2n) is 5.23. The van der Waals surface area contributed by atoms with Crippen LogP contribution >= 0.6 is 0 Å². The number of rotatable bonds is 3. The first-order valence-corrected chi connectivity index (χ1v) is 7.08. The van der Waals surface area contributed by atoms with Crippen LogP contribution in [0.1, 0.15) is 16.8 Å². The minimum atomic E-state index is 0.426. The van der Waals surface area contributed by atoms with Crippen molar-refractivity contribution in [1.82, 2.24) is 20.3 Å². The lowest BCUT2D eigenvalue weighted by atomic mass is 10.0. The van der Waals surface area contributed by atoms with Gasteiger partial charge in [-0.05, 0) is 41.0 Å². The zero-order valence-electron chi connectivity index (χ0n) is 12.4. The highest BCUT2D eigenvalue weighted by Gasteiger charge is 2.15. The Morgan fingerprint density at radius 2 is 2.09 bits per heavy atom. The van der Waals surface area contributed by atoms with Crippen LogP contribution in [0.3, 0.4) is 0 Å². The van der Waals surface area contributed by atoms with Crippen molar-refractivity contribution in [1.29, 1.82) is 0 Å². The highest BCUT2D eigenvalue weighted by molar-refractivity contribution is 5.85. The topological polar surface area (TPSA) is 104 Å². The van der Waals surface area contributed by atoms with Crippen LogP contribution in [0, 0.1) is 6.92 Å². The SMILES string of the molecule is Cc1nc2nonc2c(N)c1Cc1ccc(-c2ccco2)nc1. The molecule has 0 amide bonds. The van der Waals surface area contributed by atoms with Gasteiger partial charge < -0.3 is 10.2 Å². The average Bonchev–Trinajstić information content (AvgIpc) is 3.23. The van der Waals surface area contributed by atoms with E-state index in [9.17, 15) is 0 Å². The fourth-order valence-electron chi connectivity index (χ4n) is 2.52. The summed E-state index contributed by atoms with van der Waals surface area (Å²) in [6, 6.07) is 7.62. The Labute approximate surface area is 131 Å². The summed E-state index contributed by atoms with van der Waals surface area (Å²) in [5.74, 6) is 0.740. The van der Waals surface area contributed by atoms with Gasteiger partial charge in [-0.2, -0.15) is 0 Å². The molecular weight excluding hydrogens is 294 g/mol. The molecule has 0 radical (unpaired) electrons. The number of nitrogens with two attached hydrogens (primary N) is 1. The summed E-state index contributed by atoms with van der Waals surface area (Å²) in [5.41, 5.74) is 11.2. The van der Waals surface area contributed by atoms with E-state index in [-0.39, 0.29) is 0 Å². The molecule has 4 aromatic heterocycles. The number of nitrogens with zero attached hydrogens (tertiary/aromatic N) is 4. The van der Waals surface area contributed by atoms with Crippen molar-refractivity contribution in [3.8, 4) is 11.5 Å². The predicted octanol–water partition coefficient (Wildman–Crippen LogP) is 2.75. The van der Waals surface area contributed by atoms with Crippen LogP contribution in [0.25, 0.3) is 22.6 Å². The molecule has 0 atom stereocenters. The van der Waals surface area contributed by atoms with Gasteiger partial charge in [0.25, 0.3) is 0 Å². The normalized spacial score (nSPS) is 11.2. The highest BCUT2D eigenvalue weighted by Crippen LogP contribution is 2.26. The number of aryl methyl sites for hydroxylation is 1. The maximum absolute atomic E-state index is 6.18. The molecule has 114 valence electrons. The zero-order chi connectivity index (χ0) is 15.8. The van der Waals surface area contributed by atoms with Crippen LogP contribution in [0.15, 0.2) is 45.8 Å². The van der Waals surface area contributed by atoms with E-state index in [2.05, 4.69) is 20.3 Å². The Bertz CT molecular complexity index is 958. The molecule has 2 N–H and O–H groups in total. The summed E-state index contributed by atoms with van der Waals surface area (Å²) in [4.78, 5) is 8.80. The molecule has 4 aromatic rings. The van der Waals surface area contributed by atoms with Crippen LogP contribution in [0.2, 0.25) is 0 Å². The minimum absolute atomic E-state index is 0.426. The lowest BCUT2D eigenvalue weighted by Gasteiger charge is -2.08. The Kier molecular flexibility index (Phi) is 3.04. The third-order valence-electron chi connectivity index (χ3n) is 3.74. The number of nitrogen functional groups attached to an aromatic ring is 1. The molecule has 0 fully saturated rings. The van der Waals surface area contributed by atoms with Crippen molar-refractivity contribution in [2.45, 2.75) is 13.3 Å². The first-order valence-electron chi connectivity index (χ1n) is 7.08. The summed E-state index contributed by atoms with van der Waals surface area (Å²) in [6.07, 6.45) is 4.04. The zero-order valence-corrected chi connectivity index (χ0v) is 12.4. The molecule has 4 rings (SSSR count). The van der Waals surface area contributed by atoms with E-state index in [0.29, 0.717) is 23.3 Å². The monoisotopic (exact) mass is 307 g/mol. The fraction of sp³-hybridized carbons (Fsp3) is 0.125. The Balaban J connectivity index is 1.68. The first kappa shape index (κ1) is 13.4. The molecule has 0 aliphatic carbocycles. The van der Waals surface area contributed by atoms with Crippen molar-refractivity contribution < 1.29 is 9.05 Å². The molecule has 7 heteroatoms. The van der Waals surface area contributed by atoms with Crippen LogP contribution < -0.4 is 5.73 Å². The summed E-state index contributed by atoms with van der Waals surface area (Å²) >= 11 is 0. The summed E-state index contributed by atoms with van der Waals surface area (Å²) in [7, 11) is 0. The smallest absolute Gasteiger partial charge is 0.226 e. The third-order valence-corrected chi connectivity index (χ3v) is 3.74.